The number of esters is 3. The topological polar surface area (TPSA) is 127 Å². The van der Waals surface area contributed by atoms with Crippen LogP contribution in [0.4, 0.5) is 0 Å². The Bertz CT molecular complexity index is 1580. The summed E-state index contributed by atoms with van der Waals surface area (Å²) in [6, 6.07) is 7.69. The second-order valence-electron chi connectivity index (χ2n) is 20.8. The molecule has 11 heteroatoms. The van der Waals surface area contributed by atoms with Gasteiger partial charge in [-0.25, -0.2) is 0 Å². The van der Waals surface area contributed by atoms with Crippen molar-refractivity contribution in [2.75, 3.05) is 13.2 Å². The van der Waals surface area contributed by atoms with Gasteiger partial charge >= 0.3 is 17.9 Å². The SMILES string of the molecule is CC(C)[Si](O[C@H]1[C@@H](C)[C@H](C)[C@@H](CO)O[C@@H]1C#Cc1ccc([C@H]2O[C@H](COC(=O)C(C)(C)C)[C@@H](OC(=O)C(C)(C)C)[C@H](OC(=O)C(C)(C)C)[C@@H]2C)cc1)(C(C)C)C(C)C. The van der Waals surface area contributed by atoms with Crippen molar-refractivity contribution in [1.29, 1.82) is 0 Å². The van der Waals surface area contributed by atoms with Crippen molar-refractivity contribution in [2.24, 2.45) is 34.0 Å². The molecule has 0 radical (unpaired) electrons. The lowest BCUT2D eigenvalue weighted by Crippen LogP contribution is -2.58. The molecule has 2 aliphatic heterocycles. The summed E-state index contributed by atoms with van der Waals surface area (Å²) in [7, 11) is -2.29. The van der Waals surface area contributed by atoms with Gasteiger partial charge in [-0.1, -0.05) is 86.3 Å². The lowest BCUT2D eigenvalue weighted by molar-refractivity contribution is -0.240. The highest BCUT2D eigenvalue weighted by Crippen LogP contribution is 2.46. The molecule has 328 valence electrons. The first-order valence-electron chi connectivity index (χ1n) is 21.4. The van der Waals surface area contributed by atoms with E-state index in [1.54, 1.807) is 62.3 Å². The van der Waals surface area contributed by atoms with Gasteiger partial charge in [-0.2, -0.15) is 0 Å². The first kappa shape index (κ1) is 49.6. The van der Waals surface area contributed by atoms with Crippen LogP contribution in [-0.2, 0) is 42.5 Å². The number of aliphatic hydroxyl groups excluding tert-OH is 1. The number of carbonyl (C=O) groups is 3. The largest absolute Gasteiger partial charge is 0.462 e. The van der Waals surface area contributed by atoms with Gasteiger partial charge in [0.1, 0.15) is 24.9 Å². The van der Waals surface area contributed by atoms with Crippen LogP contribution in [0.3, 0.4) is 0 Å². The number of benzene rings is 1. The zero-order chi connectivity index (χ0) is 44.3. The van der Waals surface area contributed by atoms with Crippen molar-refractivity contribution < 1.29 is 47.6 Å². The average molecular weight is 829 g/mol. The highest BCUT2D eigenvalue weighted by atomic mass is 28.4. The molecule has 2 fully saturated rings. The highest BCUT2D eigenvalue weighted by molar-refractivity contribution is 6.77. The molecule has 10 atom stereocenters. The normalized spacial score (nSPS) is 28.5. The van der Waals surface area contributed by atoms with E-state index in [0.29, 0.717) is 16.6 Å². The zero-order valence-electron chi connectivity index (χ0n) is 38.9. The van der Waals surface area contributed by atoms with Crippen molar-refractivity contribution in [1.82, 2.24) is 0 Å². The van der Waals surface area contributed by atoms with Gasteiger partial charge < -0.3 is 33.2 Å². The van der Waals surface area contributed by atoms with E-state index < -0.39 is 78.9 Å². The van der Waals surface area contributed by atoms with Crippen LogP contribution in [0.5, 0.6) is 0 Å². The van der Waals surface area contributed by atoms with Crippen LogP contribution < -0.4 is 0 Å². The van der Waals surface area contributed by atoms with Crippen LogP contribution >= 0.6 is 0 Å². The standard InChI is InChI=1S/C47H76O10Si/c1-27(2)58(28(3)4,29(5)6)57-39-31(8)30(7)36(25-48)53-35(39)24-21-33-19-22-34(23-20-33)38-32(9)40(55-43(50)46(13,14)15)41(56-44(51)47(16,17)18)37(54-38)26-52-42(49)45(10,11)12/h19-20,22-23,27-32,35-41,48H,25-26H2,1-18H3/t30-,31-,32+,35+,36+,37+,38-,39-,40+,41+/m0/s1. The fourth-order valence-electron chi connectivity index (χ4n) is 8.23. The van der Waals surface area contributed by atoms with E-state index in [-0.39, 0.29) is 37.3 Å². The molecule has 0 saturated carbocycles. The Morgan fingerprint density at radius 1 is 0.672 bits per heavy atom. The van der Waals surface area contributed by atoms with E-state index in [2.05, 4.69) is 67.2 Å². The van der Waals surface area contributed by atoms with Crippen LogP contribution in [0.1, 0.15) is 142 Å². The van der Waals surface area contributed by atoms with Gasteiger partial charge in [-0.15, -0.1) is 0 Å². The van der Waals surface area contributed by atoms with Crippen LogP contribution in [-0.4, -0.2) is 81.2 Å². The molecule has 1 N–H and O–H groups in total. The molecule has 3 rings (SSSR count). The third-order valence-electron chi connectivity index (χ3n) is 12.1. The minimum absolute atomic E-state index is 0.0897. The summed E-state index contributed by atoms with van der Waals surface area (Å²) in [6.45, 7) is 35.4. The van der Waals surface area contributed by atoms with E-state index in [1.165, 1.54) is 0 Å². The Balaban J connectivity index is 2.05. The summed E-state index contributed by atoms with van der Waals surface area (Å²) in [5.74, 6) is 5.11. The molecule has 2 aliphatic rings. The van der Waals surface area contributed by atoms with E-state index in [0.717, 1.165) is 11.1 Å². The highest BCUT2D eigenvalue weighted by Gasteiger charge is 2.53. The first-order valence-corrected chi connectivity index (χ1v) is 23.5. The third-order valence-corrected chi connectivity index (χ3v) is 18.2. The molecule has 1 aromatic carbocycles. The summed E-state index contributed by atoms with van der Waals surface area (Å²) >= 11 is 0. The van der Waals surface area contributed by atoms with E-state index in [9.17, 15) is 19.5 Å². The maximum absolute atomic E-state index is 13.4. The molecule has 0 unspecified atom stereocenters. The van der Waals surface area contributed by atoms with Gasteiger partial charge in [0.05, 0.1) is 41.2 Å². The van der Waals surface area contributed by atoms with Gasteiger partial charge in [0, 0.05) is 11.5 Å². The number of aliphatic hydroxyl groups is 1. The summed E-state index contributed by atoms with van der Waals surface area (Å²) in [5.41, 5.74) is 0.249. The Morgan fingerprint density at radius 2 is 1.16 bits per heavy atom. The molecule has 0 aromatic heterocycles. The summed E-state index contributed by atoms with van der Waals surface area (Å²) in [5, 5.41) is 10.3. The summed E-state index contributed by atoms with van der Waals surface area (Å²) in [4.78, 5) is 39.8. The molecular formula is C47H76O10Si. The molecule has 2 heterocycles. The average Bonchev–Trinajstić information content (AvgIpc) is 3.11. The third kappa shape index (κ3) is 11.5. The van der Waals surface area contributed by atoms with Crippen molar-refractivity contribution >= 4 is 26.2 Å². The maximum Gasteiger partial charge on any atom is 0.311 e. The minimum atomic E-state index is -2.29. The van der Waals surface area contributed by atoms with Crippen molar-refractivity contribution in [3.63, 3.8) is 0 Å². The molecular weight excluding hydrogens is 753 g/mol. The molecule has 1 aromatic rings. The van der Waals surface area contributed by atoms with Crippen molar-refractivity contribution in [2.45, 2.75) is 184 Å². The number of hydrogen-bond donors (Lipinski definition) is 1. The quantitative estimate of drug-likeness (QED) is 0.0999. The van der Waals surface area contributed by atoms with Gasteiger partial charge in [-0.05, 0) is 108 Å². The minimum Gasteiger partial charge on any atom is -0.462 e. The van der Waals surface area contributed by atoms with Crippen LogP contribution in [0.25, 0.3) is 0 Å². The van der Waals surface area contributed by atoms with Gasteiger partial charge in [0.2, 0.25) is 8.32 Å². The molecule has 0 amide bonds. The monoisotopic (exact) mass is 829 g/mol. The molecule has 2 saturated heterocycles. The lowest BCUT2D eigenvalue weighted by atomic mass is 9.81. The van der Waals surface area contributed by atoms with Crippen LogP contribution in [0, 0.1) is 45.8 Å². The number of carbonyl (C=O) groups excluding carboxylic acids is 3. The van der Waals surface area contributed by atoms with Gasteiger partial charge in [0.25, 0.3) is 0 Å². The molecule has 58 heavy (non-hydrogen) atoms. The summed E-state index contributed by atoms with van der Waals surface area (Å²) in [6.07, 6.45) is -4.62. The van der Waals surface area contributed by atoms with E-state index in [4.69, 9.17) is 28.1 Å². The molecule has 0 spiro atoms. The van der Waals surface area contributed by atoms with E-state index >= 15 is 0 Å². The predicted molar refractivity (Wildman–Crippen MR) is 229 cm³/mol. The van der Waals surface area contributed by atoms with Crippen molar-refractivity contribution in [3.8, 4) is 11.8 Å². The zero-order valence-corrected chi connectivity index (χ0v) is 39.9. The lowest BCUT2D eigenvalue weighted by Gasteiger charge is -2.50. The Kier molecular flexibility index (Phi) is 16.5. The number of ether oxygens (including phenoxy) is 5. The predicted octanol–water partition coefficient (Wildman–Crippen LogP) is 9.21. The number of rotatable bonds is 11. The fraction of sp³-hybridized carbons (Fsp3) is 0.766. The molecule has 0 bridgehead atoms. The van der Waals surface area contributed by atoms with Crippen LogP contribution in [0.15, 0.2) is 24.3 Å². The van der Waals surface area contributed by atoms with Crippen LogP contribution in [0.2, 0.25) is 16.6 Å². The van der Waals surface area contributed by atoms with Crippen molar-refractivity contribution in [3.05, 3.63) is 35.4 Å². The summed E-state index contributed by atoms with van der Waals surface area (Å²) < 4.78 is 38.6. The molecule has 10 nitrogen and oxygen atoms in total. The van der Waals surface area contributed by atoms with Gasteiger partial charge in [0.15, 0.2) is 6.10 Å². The molecule has 0 aliphatic carbocycles. The Morgan fingerprint density at radius 3 is 1.60 bits per heavy atom. The Labute approximate surface area is 351 Å². The first-order chi connectivity index (χ1) is 26.6. The maximum atomic E-state index is 13.4. The Hall–Kier alpha value is -2.75. The second-order valence-corrected chi connectivity index (χ2v) is 26.2. The van der Waals surface area contributed by atoms with E-state index in [1.807, 2.05) is 31.2 Å². The fourth-order valence-corrected chi connectivity index (χ4v) is 13.9. The number of hydrogen-bond acceptors (Lipinski definition) is 10. The second kappa shape index (κ2) is 19.3. The smallest absolute Gasteiger partial charge is 0.311 e. The van der Waals surface area contributed by atoms with Gasteiger partial charge in [-0.3, -0.25) is 14.4 Å².